The summed E-state index contributed by atoms with van der Waals surface area (Å²) >= 11 is 0. The van der Waals surface area contributed by atoms with Gasteiger partial charge in [-0.05, 0) is 44.0 Å². The van der Waals surface area contributed by atoms with Gasteiger partial charge in [0.2, 0.25) is 0 Å². The molecule has 166 valence electrons. The Morgan fingerprint density at radius 3 is 2.58 bits per heavy atom. The fourth-order valence-electron chi connectivity index (χ4n) is 3.15. The fourth-order valence-corrected chi connectivity index (χ4v) is 3.15. The molecular formula is C23H32IN7. The zero-order valence-corrected chi connectivity index (χ0v) is 20.6. The summed E-state index contributed by atoms with van der Waals surface area (Å²) < 4.78 is 1.88. The minimum atomic E-state index is 0. The van der Waals surface area contributed by atoms with Crippen molar-refractivity contribution in [2.75, 3.05) is 31.1 Å². The third kappa shape index (κ3) is 7.86. The summed E-state index contributed by atoms with van der Waals surface area (Å²) in [5.74, 6) is 1.68. The number of imidazole rings is 1. The molecule has 0 bridgehead atoms. The van der Waals surface area contributed by atoms with Gasteiger partial charge in [0.1, 0.15) is 12.1 Å². The van der Waals surface area contributed by atoms with Gasteiger partial charge in [-0.25, -0.2) is 15.0 Å². The molecule has 0 saturated heterocycles. The van der Waals surface area contributed by atoms with Gasteiger partial charge in [-0.15, -0.1) is 24.0 Å². The monoisotopic (exact) mass is 533 g/mol. The molecule has 0 fully saturated rings. The zero-order chi connectivity index (χ0) is 21.0. The molecule has 0 aliphatic carbocycles. The van der Waals surface area contributed by atoms with E-state index < -0.39 is 0 Å². The molecule has 3 aromatic rings. The quantitative estimate of drug-likeness (QED) is 0.179. The average molecular weight is 533 g/mol. The molecule has 7 nitrogen and oxygen atoms in total. The van der Waals surface area contributed by atoms with Crippen LogP contribution in [-0.2, 0) is 6.54 Å². The summed E-state index contributed by atoms with van der Waals surface area (Å²) in [6.45, 7) is 8.55. The van der Waals surface area contributed by atoms with E-state index >= 15 is 0 Å². The number of halogens is 1. The largest absolute Gasteiger partial charge is 0.372 e. The van der Waals surface area contributed by atoms with Gasteiger partial charge in [0, 0.05) is 50.5 Å². The van der Waals surface area contributed by atoms with Crippen molar-refractivity contribution in [2.24, 2.45) is 4.99 Å². The Bertz CT molecular complexity index is 880. The molecule has 8 heteroatoms. The minimum absolute atomic E-state index is 0. The van der Waals surface area contributed by atoms with Gasteiger partial charge in [0.25, 0.3) is 0 Å². The number of benzene rings is 1. The summed E-state index contributed by atoms with van der Waals surface area (Å²) in [4.78, 5) is 15.6. The molecule has 31 heavy (non-hydrogen) atoms. The Balaban J connectivity index is 0.00000341. The van der Waals surface area contributed by atoms with E-state index in [4.69, 9.17) is 4.99 Å². The van der Waals surface area contributed by atoms with Crippen molar-refractivity contribution in [3.8, 4) is 5.82 Å². The Morgan fingerprint density at radius 1 is 1.10 bits per heavy atom. The molecule has 0 atom stereocenters. The summed E-state index contributed by atoms with van der Waals surface area (Å²) in [5, 5.41) is 6.75. The van der Waals surface area contributed by atoms with Crippen LogP contribution in [0.25, 0.3) is 5.82 Å². The molecule has 0 amide bonds. The summed E-state index contributed by atoms with van der Waals surface area (Å²) in [6.07, 6.45) is 8.26. The number of rotatable bonds is 10. The molecular weight excluding hydrogens is 501 g/mol. The predicted molar refractivity (Wildman–Crippen MR) is 139 cm³/mol. The van der Waals surface area contributed by atoms with Crippen LogP contribution in [0.4, 0.5) is 5.69 Å². The highest BCUT2D eigenvalue weighted by molar-refractivity contribution is 14.0. The summed E-state index contributed by atoms with van der Waals surface area (Å²) in [5.41, 5.74) is 2.34. The van der Waals surface area contributed by atoms with Crippen molar-refractivity contribution in [2.45, 2.75) is 26.8 Å². The van der Waals surface area contributed by atoms with Crippen LogP contribution in [-0.4, -0.2) is 46.7 Å². The second-order valence-corrected chi connectivity index (χ2v) is 6.89. The standard InChI is InChI=1S/C23H31N7.HI/c1-3-25-23(26-13-8-15-29(4-2)21-9-6-5-7-10-21)28-18-20-11-12-22(27-17-20)30-16-14-24-19-30;/h5-7,9-12,14,16-17,19H,3-4,8,13,15,18H2,1-2H3,(H2,25,26,28);1H. The maximum absolute atomic E-state index is 4.69. The molecule has 0 saturated carbocycles. The molecule has 0 aliphatic rings. The van der Waals surface area contributed by atoms with Crippen molar-refractivity contribution in [1.82, 2.24) is 25.2 Å². The lowest BCUT2D eigenvalue weighted by atomic mass is 10.2. The molecule has 3 rings (SSSR count). The highest BCUT2D eigenvalue weighted by atomic mass is 127. The van der Waals surface area contributed by atoms with E-state index in [0.29, 0.717) is 6.54 Å². The lowest BCUT2D eigenvalue weighted by Crippen LogP contribution is -2.38. The van der Waals surface area contributed by atoms with Crippen LogP contribution in [0.5, 0.6) is 0 Å². The Morgan fingerprint density at radius 2 is 1.94 bits per heavy atom. The number of guanidine groups is 1. The molecule has 0 aliphatic heterocycles. The van der Waals surface area contributed by atoms with E-state index in [1.807, 2.05) is 29.1 Å². The fraction of sp³-hybridized carbons (Fsp3) is 0.348. The van der Waals surface area contributed by atoms with Gasteiger partial charge < -0.3 is 15.5 Å². The summed E-state index contributed by atoms with van der Waals surface area (Å²) in [7, 11) is 0. The first-order valence-corrected chi connectivity index (χ1v) is 10.6. The van der Waals surface area contributed by atoms with E-state index in [1.165, 1.54) is 5.69 Å². The molecule has 0 unspecified atom stereocenters. The van der Waals surface area contributed by atoms with Crippen LogP contribution in [0.2, 0.25) is 0 Å². The van der Waals surface area contributed by atoms with Crippen LogP contribution in [0.15, 0.2) is 72.4 Å². The van der Waals surface area contributed by atoms with Gasteiger partial charge in [0.15, 0.2) is 5.96 Å². The molecule has 0 radical (unpaired) electrons. The first-order valence-electron chi connectivity index (χ1n) is 10.6. The Labute approximate surface area is 202 Å². The molecule has 0 spiro atoms. The van der Waals surface area contributed by atoms with Gasteiger partial charge >= 0.3 is 0 Å². The maximum Gasteiger partial charge on any atom is 0.191 e. The minimum Gasteiger partial charge on any atom is -0.372 e. The summed E-state index contributed by atoms with van der Waals surface area (Å²) in [6, 6.07) is 14.6. The van der Waals surface area contributed by atoms with Crippen molar-refractivity contribution < 1.29 is 0 Å². The van der Waals surface area contributed by atoms with Crippen LogP contribution >= 0.6 is 24.0 Å². The third-order valence-corrected chi connectivity index (χ3v) is 4.74. The van der Waals surface area contributed by atoms with Gasteiger partial charge in [0.05, 0.1) is 6.54 Å². The number of para-hydroxylation sites is 1. The van der Waals surface area contributed by atoms with E-state index in [-0.39, 0.29) is 24.0 Å². The highest BCUT2D eigenvalue weighted by Crippen LogP contribution is 2.12. The van der Waals surface area contributed by atoms with Gasteiger partial charge in [-0.1, -0.05) is 24.3 Å². The number of nitrogens with zero attached hydrogens (tertiary/aromatic N) is 5. The van der Waals surface area contributed by atoms with Crippen LogP contribution in [0, 0.1) is 0 Å². The van der Waals surface area contributed by atoms with Crippen molar-refractivity contribution in [3.05, 3.63) is 72.9 Å². The molecule has 2 N–H and O–H groups in total. The third-order valence-electron chi connectivity index (χ3n) is 4.74. The number of hydrogen-bond acceptors (Lipinski definition) is 4. The first kappa shape index (κ1) is 24.6. The lowest BCUT2D eigenvalue weighted by Gasteiger charge is -2.23. The highest BCUT2D eigenvalue weighted by Gasteiger charge is 2.04. The predicted octanol–water partition coefficient (Wildman–Crippen LogP) is 3.86. The molecule has 2 heterocycles. The molecule has 2 aromatic heterocycles. The van der Waals surface area contributed by atoms with E-state index in [0.717, 1.165) is 49.9 Å². The number of aromatic nitrogens is 3. The topological polar surface area (TPSA) is 70.4 Å². The maximum atomic E-state index is 4.69. The van der Waals surface area contributed by atoms with E-state index in [2.05, 4.69) is 69.7 Å². The van der Waals surface area contributed by atoms with Crippen molar-refractivity contribution in [1.29, 1.82) is 0 Å². The Hall–Kier alpha value is -2.62. The second kappa shape index (κ2) is 13.6. The van der Waals surface area contributed by atoms with Crippen LogP contribution in [0.1, 0.15) is 25.8 Å². The van der Waals surface area contributed by atoms with E-state index in [9.17, 15) is 0 Å². The molecule has 1 aromatic carbocycles. The van der Waals surface area contributed by atoms with Crippen molar-refractivity contribution >= 4 is 35.6 Å². The number of aliphatic imine (C=N–C) groups is 1. The second-order valence-electron chi connectivity index (χ2n) is 6.89. The van der Waals surface area contributed by atoms with Gasteiger partial charge in [-0.2, -0.15) is 0 Å². The number of anilines is 1. The first-order chi connectivity index (χ1) is 14.8. The SMILES string of the molecule is CCNC(=NCc1ccc(-n2ccnc2)nc1)NCCCN(CC)c1ccccc1.I. The number of nitrogens with one attached hydrogen (secondary N) is 2. The number of pyridine rings is 1. The van der Waals surface area contributed by atoms with Crippen LogP contribution < -0.4 is 15.5 Å². The smallest absolute Gasteiger partial charge is 0.191 e. The normalized spacial score (nSPS) is 11.0. The van der Waals surface area contributed by atoms with Crippen molar-refractivity contribution in [3.63, 3.8) is 0 Å². The zero-order valence-electron chi connectivity index (χ0n) is 18.2. The van der Waals surface area contributed by atoms with Gasteiger partial charge in [-0.3, -0.25) is 4.57 Å². The lowest BCUT2D eigenvalue weighted by molar-refractivity contribution is 0.709. The number of hydrogen-bond donors (Lipinski definition) is 2. The van der Waals surface area contributed by atoms with Crippen LogP contribution in [0.3, 0.4) is 0 Å². The Kier molecular flexibility index (Phi) is 10.8. The van der Waals surface area contributed by atoms with E-state index in [1.54, 1.807) is 12.5 Å². The average Bonchev–Trinajstić information content (AvgIpc) is 3.33.